The first-order chi connectivity index (χ1) is 14.0. The lowest BCUT2D eigenvalue weighted by molar-refractivity contribution is -0.119. The Bertz CT molecular complexity index is 1080. The van der Waals surface area contributed by atoms with Gasteiger partial charge >= 0.3 is 5.97 Å². The van der Waals surface area contributed by atoms with Crippen molar-refractivity contribution in [2.75, 3.05) is 26.1 Å². The standard InChI is InChI=1S/C22H20N2O5/c1-23-21(26)14-6-5-7-15(12-14)24-20(25)13-29-22(27)18-10-11-19(28-2)17-9-4-3-8-16(17)18/h3-12H,13H2,1-2H3,(H,23,26)(H,24,25). The van der Waals surface area contributed by atoms with Crippen LogP contribution in [0.3, 0.4) is 0 Å². The molecule has 0 atom stereocenters. The smallest absolute Gasteiger partial charge is 0.339 e. The number of esters is 1. The number of methoxy groups -OCH3 is 1. The Kier molecular flexibility index (Phi) is 6.09. The van der Waals surface area contributed by atoms with Gasteiger partial charge in [-0.15, -0.1) is 0 Å². The highest BCUT2D eigenvalue weighted by molar-refractivity contribution is 6.07. The number of hydrogen-bond acceptors (Lipinski definition) is 5. The molecule has 2 N–H and O–H groups in total. The largest absolute Gasteiger partial charge is 0.496 e. The Morgan fingerprint density at radius 1 is 0.931 bits per heavy atom. The van der Waals surface area contributed by atoms with E-state index in [9.17, 15) is 14.4 Å². The molecule has 0 aliphatic carbocycles. The van der Waals surface area contributed by atoms with Crippen LogP contribution in [0, 0.1) is 0 Å². The normalized spacial score (nSPS) is 10.3. The number of fused-ring (bicyclic) bond motifs is 1. The summed E-state index contributed by atoms with van der Waals surface area (Å²) in [6.45, 7) is -0.455. The molecule has 7 heteroatoms. The molecule has 148 valence electrons. The van der Waals surface area contributed by atoms with Crippen molar-refractivity contribution in [2.24, 2.45) is 0 Å². The van der Waals surface area contributed by atoms with Gasteiger partial charge in [-0.25, -0.2) is 4.79 Å². The van der Waals surface area contributed by atoms with Crippen LogP contribution in [0.25, 0.3) is 10.8 Å². The maximum Gasteiger partial charge on any atom is 0.339 e. The summed E-state index contributed by atoms with van der Waals surface area (Å²) >= 11 is 0. The fraction of sp³-hybridized carbons (Fsp3) is 0.136. The average molecular weight is 392 g/mol. The molecule has 2 amide bonds. The summed E-state index contributed by atoms with van der Waals surface area (Å²) < 4.78 is 10.5. The Labute approximate surface area is 167 Å². The second-order valence-electron chi connectivity index (χ2n) is 6.15. The van der Waals surface area contributed by atoms with E-state index >= 15 is 0 Å². The van der Waals surface area contributed by atoms with E-state index in [0.717, 1.165) is 5.39 Å². The SMILES string of the molecule is CNC(=O)c1cccc(NC(=O)COC(=O)c2ccc(OC)c3ccccc23)c1. The van der Waals surface area contributed by atoms with E-state index in [2.05, 4.69) is 10.6 Å². The van der Waals surface area contributed by atoms with Gasteiger partial charge < -0.3 is 20.1 Å². The molecule has 0 aliphatic heterocycles. The third-order valence-electron chi connectivity index (χ3n) is 4.29. The number of ether oxygens (including phenoxy) is 2. The van der Waals surface area contributed by atoms with Crippen LogP contribution >= 0.6 is 0 Å². The van der Waals surface area contributed by atoms with Crippen molar-refractivity contribution >= 4 is 34.2 Å². The predicted octanol–water partition coefficient (Wildman–Crippen LogP) is 3.00. The third-order valence-corrected chi connectivity index (χ3v) is 4.29. The molecule has 0 saturated heterocycles. The summed E-state index contributed by atoms with van der Waals surface area (Å²) in [4.78, 5) is 36.3. The minimum atomic E-state index is -0.613. The number of benzene rings is 3. The van der Waals surface area contributed by atoms with Crippen LogP contribution in [0.2, 0.25) is 0 Å². The molecule has 3 rings (SSSR count). The molecule has 0 saturated carbocycles. The molecule has 0 bridgehead atoms. The highest BCUT2D eigenvalue weighted by Crippen LogP contribution is 2.28. The zero-order valence-corrected chi connectivity index (χ0v) is 16.0. The Morgan fingerprint density at radius 3 is 2.41 bits per heavy atom. The first-order valence-electron chi connectivity index (χ1n) is 8.88. The first kappa shape index (κ1) is 19.9. The molecule has 29 heavy (non-hydrogen) atoms. The minimum Gasteiger partial charge on any atom is -0.496 e. The van der Waals surface area contributed by atoms with Gasteiger partial charge in [0.05, 0.1) is 12.7 Å². The molecule has 0 aliphatic rings. The molecular formula is C22H20N2O5. The molecule has 3 aromatic carbocycles. The predicted molar refractivity (Wildman–Crippen MR) is 109 cm³/mol. The maximum absolute atomic E-state index is 12.5. The number of amides is 2. The number of nitrogens with one attached hydrogen (secondary N) is 2. The van der Waals surface area contributed by atoms with Crippen LogP contribution in [0.15, 0.2) is 60.7 Å². The topological polar surface area (TPSA) is 93.7 Å². The molecule has 0 radical (unpaired) electrons. The van der Waals surface area contributed by atoms with Crippen LogP contribution in [0.4, 0.5) is 5.69 Å². The van der Waals surface area contributed by atoms with Crippen molar-refractivity contribution in [2.45, 2.75) is 0 Å². The van der Waals surface area contributed by atoms with Crippen molar-refractivity contribution in [3.63, 3.8) is 0 Å². The second-order valence-corrected chi connectivity index (χ2v) is 6.15. The van der Waals surface area contributed by atoms with E-state index in [-0.39, 0.29) is 5.91 Å². The zero-order valence-electron chi connectivity index (χ0n) is 16.0. The molecule has 0 fully saturated rings. The van der Waals surface area contributed by atoms with Gasteiger partial charge in [0.2, 0.25) is 0 Å². The summed E-state index contributed by atoms with van der Waals surface area (Å²) in [6.07, 6.45) is 0. The molecule has 0 heterocycles. The highest BCUT2D eigenvalue weighted by atomic mass is 16.5. The van der Waals surface area contributed by atoms with Crippen molar-refractivity contribution in [1.82, 2.24) is 5.32 Å². The monoisotopic (exact) mass is 392 g/mol. The van der Waals surface area contributed by atoms with Crippen LogP contribution in [-0.2, 0) is 9.53 Å². The highest BCUT2D eigenvalue weighted by Gasteiger charge is 2.15. The number of anilines is 1. The summed E-state index contributed by atoms with van der Waals surface area (Å²) in [5.41, 5.74) is 1.19. The lowest BCUT2D eigenvalue weighted by Gasteiger charge is -2.11. The van der Waals surface area contributed by atoms with Crippen molar-refractivity contribution < 1.29 is 23.9 Å². The molecule has 0 unspecified atom stereocenters. The molecule has 0 aromatic heterocycles. The third kappa shape index (κ3) is 4.52. The number of carbonyl (C=O) groups is 3. The van der Waals surface area contributed by atoms with Crippen molar-refractivity contribution in [1.29, 1.82) is 0 Å². The van der Waals surface area contributed by atoms with E-state index in [4.69, 9.17) is 9.47 Å². The first-order valence-corrected chi connectivity index (χ1v) is 8.88. The summed E-state index contributed by atoms with van der Waals surface area (Å²) in [7, 11) is 3.08. The average Bonchev–Trinajstić information content (AvgIpc) is 2.76. The Morgan fingerprint density at radius 2 is 1.69 bits per heavy atom. The van der Waals surface area contributed by atoms with Gasteiger partial charge in [-0.3, -0.25) is 9.59 Å². The van der Waals surface area contributed by atoms with Gasteiger partial charge in [0, 0.05) is 23.7 Å². The van der Waals surface area contributed by atoms with E-state index in [1.165, 1.54) is 13.1 Å². The summed E-state index contributed by atoms with van der Waals surface area (Å²) in [6, 6.07) is 17.0. The molecular weight excluding hydrogens is 372 g/mol. The van der Waals surface area contributed by atoms with Crippen molar-refractivity contribution in [3.05, 3.63) is 71.8 Å². The van der Waals surface area contributed by atoms with Crippen LogP contribution < -0.4 is 15.4 Å². The summed E-state index contributed by atoms with van der Waals surface area (Å²) in [5.74, 6) is -0.742. The quantitative estimate of drug-likeness (QED) is 0.629. The van der Waals surface area contributed by atoms with Gasteiger partial charge in [0.25, 0.3) is 11.8 Å². The number of hydrogen-bond donors (Lipinski definition) is 2. The zero-order chi connectivity index (χ0) is 20.8. The fourth-order valence-corrected chi connectivity index (χ4v) is 2.92. The Hall–Kier alpha value is -3.87. The van der Waals surface area contributed by atoms with Gasteiger partial charge in [0.1, 0.15) is 5.75 Å². The molecule has 7 nitrogen and oxygen atoms in total. The van der Waals surface area contributed by atoms with Gasteiger partial charge in [0.15, 0.2) is 6.61 Å². The summed E-state index contributed by atoms with van der Waals surface area (Å²) in [5, 5.41) is 6.57. The van der Waals surface area contributed by atoms with Gasteiger partial charge in [-0.05, 0) is 35.7 Å². The molecule has 3 aromatic rings. The maximum atomic E-state index is 12.5. The van der Waals surface area contributed by atoms with Crippen molar-refractivity contribution in [3.8, 4) is 5.75 Å². The van der Waals surface area contributed by atoms with E-state index in [1.807, 2.05) is 18.2 Å². The van der Waals surface area contributed by atoms with Crippen LogP contribution in [0.5, 0.6) is 5.75 Å². The van der Waals surface area contributed by atoms with E-state index < -0.39 is 18.5 Å². The molecule has 0 spiro atoms. The van der Waals surface area contributed by atoms with E-state index in [1.54, 1.807) is 43.5 Å². The fourth-order valence-electron chi connectivity index (χ4n) is 2.92. The number of rotatable bonds is 6. The number of carbonyl (C=O) groups excluding carboxylic acids is 3. The minimum absolute atomic E-state index is 0.265. The van der Waals surface area contributed by atoms with Crippen LogP contribution in [-0.4, -0.2) is 38.5 Å². The lowest BCUT2D eigenvalue weighted by atomic mass is 10.0. The van der Waals surface area contributed by atoms with E-state index in [0.29, 0.717) is 28.0 Å². The Balaban J connectivity index is 1.68. The second kappa shape index (κ2) is 8.88. The van der Waals surface area contributed by atoms with Gasteiger partial charge in [-0.2, -0.15) is 0 Å². The van der Waals surface area contributed by atoms with Gasteiger partial charge in [-0.1, -0.05) is 30.3 Å². The van der Waals surface area contributed by atoms with Crippen LogP contribution in [0.1, 0.15) is 20.7 Å². The lowest BCUT2D eigenvalue weighted by Crippen LogP contribution is -2.22.